The number of primary amides is 1. The Labute approximate surface area is 234 Å². The molecule has 0 saturated carbocycles. The van der Waals surface area contributed by atoms with Crippen LogP contribution in [0.3, 0.4) is 0 Å². The van der Waals surface area contributed by atoms with Gasteiger partial charge in [-0.2, -0.15) is 0 Å². The van der Waals surface area contributed by atoms with Crippen LogP contribution in [0.15, 0.2) is 30.5 Å². The van der Waals surface area contributed by atoms with Gasteiger partial charge in [0.2, 0.25) is 23.6 Å². The number of aromatic nitrogens is 1. The Kier molecular flexibility index (Phi) is 12.1. The maximum absolute atomic E-state index is 13.3. The minimum atomic E-state index is -1.23. The van der Waals surface area contributed by atoms with E-state index in [9.17, 15) is 29.1 Å². The minimum absolute atomic E-state index is 0.00759. The molecule has 0 aliphatic carbocycles. The second-order valence-electron chi connectivity index (χ2n) is 10.6. The summed E-state index contributed by atoms with van der Waals surface area (Å²) in [5, 5.41) is 18.6. The molecule has 12 nitrogen and oxygen atoms in total. The molecule has 2 aromatic rings. The standard InChI is InChI=1S/C28H42N6O6/c1-5-16(4)24(34-25(36)19(29)10-11-23(30)35)27(38)32-21(12-15(2)3)26(37)33-22(28(39)40)13-17-14-31-20-9-7-6-8-18(17)20/h6-9,14-16,19,21-22,24,31H,5,10-13,29H2,1-4H3,(H2,30,35)(H,32,38)(H,33,37)(H,34,36)(H,39,40). The van der Waals surface area contributed by atoms with Crippen LogP contribution in [0.25, 0.3) is 10.9 Å². The summed E-state index contributed by atoms with van der Waals surface area (Å²) in [6.07, 6.45) is 2.50. The van der Waals surface area contributed by atoms with Gasteiger partial charge in [0.25, 0.3) is 0 Å². The first-order chi connectivity index (χ1) is 18.8. The van der Waals surface area contributed by atoms with Gasteiger partial charge < -0.3 is 37.5 Å². The second kappa shape index (κ2) is 15.0. The molecule has 0 aliphatic heterocycles. The summed E-state index contributed by atoms with van der Waals surface area (Å²) in [7, 11) is 0. The van der Waals surface area contributed by atoms with Crippen molar-refractivity contribution in [3.05, 3.63) is 36.0 Å². The van der Waals surface area contributed by atoms with Crippen molar-refractivity contribution >= 4 is 40.5 Å². The highest BCUT2D eigenvalue weighted by Crippen LogP contribution is 2.19. The molecule has 1 heterocycles. The van der Waals surface area contributed by atoms with Gasteiger partial charge in [0.15, 0.2) is 0 Å². The van der Waals surface area contributed by atoms with Crippen molar-refractivity contribution in [1.29, 1.82) is 0 Å². The molecule has 220 valence electrons. The fourth-order valence-electron chi connectivity index (χ4n) is 4.35. The number of aliphatic carboxylic acids is 1. The third-order valence-electron chi connectivity index (χ3n) is 6.89. The van der Waals surface area contributed by atoms with Crippen molar-refractivity contribution in [2.24, 2.45) is 23.3 Å². The van der Waals surface area contributed by atoms with Gasteiger partial charge >= 0.3 is 5.97 Å². The summed E-state index contributed by atoms with van der Waals surface area (Å²) in [4.78, 5) is 65.5. The Hall–Kier alpha value is -3.93. The average Bonchev–Trinajstić information content (AvgIpc) is 3.31. The quantitative estimate of drug-likeness (QED) is 0.158. The van der Waals surface area contributed by atoms with E-state index >= 15 is 0 Å². The largest absolute Gasteiger partial charge is 0.480 e. The number of carbonyl (C=O) groups excluding carboxylic acids is 4. The van der Waals surface area contributed by atoms with Crippen LogP contribution in [0.4, 0.5) is 0 Å². The summed E-state index contributed by atoms with van der Waals surface area (Å²) < 4.78 is 0. The topological polar surface area (TPSA) is 209 Å². The Morgan fingerprint density at radius 2 is 1.60 bits per heavy atom. The lowest BCUT2D eigenvalue weighted by Gasteiger charge is -2.28. The number of hydrogen-bond donors (Lipinski definition) is 7. The van der Waals surface area contributed by atoms with Gasteiger partial charge in [0.05, 0.1) is 6.04 Å². The number of nitrogens with one attached hydrogen (secondary N) is 4. The smallest absolute Gasteiger partial charge is 0.326 e. The molecule has 40 heavy (non-hydrogen) atoms. The monoisotopic (exact) mass is 558 g/mol. The molecule has 0 aliphatic rings. The molecule has 2 rings (SSSR count). The van der Waals surface area contributed by atoms with Gasteiger partial charge in [-0.1, -0.05) is 52.3 Å². The van der Waals surface area contributed by atoms with Crippen LogP contribution in [-0.2, 0) is 30.4 Å². The zero-order valence-electron chi connectivity index (χ0n) is 23.5. The molecule has 1 aromatic carbocycles. The van der Waals surface area contributed by atoms with Gasteiger partial charge in [-0.3, -0.25) is 19.2 Å². The normalized spacial score (nSPS) is 15.1. The van der Waals surface area contributed by atoms with Crippen LogP contribution in [0, 0.1) is 11.8 Å². The van der Waals surface area contributed by atoms with Crippen LogP contribution < -0.4 is 27.4 Å². The van der Waals surface area contributed by atoms with E-state index in [1.807, 2.05) is 45.0 Å². The molecule has 0 saturated heterocycles. The summed E-state index contributed by atoms with van der Waals surface area (Å²) in [6, 6.07) is 3.15. The molecule has 4 amide bonds. The van der Waals surface area contributed by atoms with E-state index in [2.05, 4.69) is 20.9 Å². The number of carbonyl (C=O) groups is 5. The van der Waals surface area contributed by atoms with Gasteiger partial charge in [0, 0.05) is 29.9 Å². The number of para-hydroxylation sites is 1. The molecule has 0 bridgehead atoms. The number of H-pyrrole nitrogens is 1. The van der Waals surface area contributed by atoms with Crippen molar-refractivity contribution < 1.29 is 29.1 Å². The lowest BCUT2D eigenvalue weighted by molar-refractivity contribution is -0.142. The molecule has 0 radical (unpaired) electrons. The second-order valence-corrected chi connectivity index (χ2v) is 10.6. The van der Waals surface area contributed by atoms with Crippen LogP contribution in [0.2, 0.25) is 0 Å². The first kappa shape index (κ1) is 32.3. The average molecular weight is 559 g/mol. The number of rotatable bonds is 16. The zero-order chi connectivity index (χ0) is 30.0. The van der Waals surface area contributed by atoms with E-state index in [1.54, 1.807) is 13.1 Å². The number of carboxylic acids is 1. The Morgan fingerprint density at radius 1 is 0.950 bits per heavy atom. The van der Waals surface area contributed by atoms with Gasteiger partial charge in [0.1, 0.15) is 18.1 Å². The first-order valence-electron chi connectivity index (χ1n) is 13.6. The van der Waals surface area contributed by atoms with E-state index in [0.717, 1.165) is 16.5 Å². The first-order valence-corrected chi connectivity index (χ1v) is 13.6. The number of aromatic amines is 1. The molecular formula is C28H42N6O6. The van der Waals surface area contributed by atoms with Gasteiger partial charge in [-0.15, -0.1) is 0 Å². The highest BCUT2D eigenvalue weighted by atomic mass is 16.4. The fraction of sp³-hybridized carbons (Fsp3) is 0.536. The van der Waals surface area contributed by atoms with Crippen LogP contribution >= 0.6 is 0 Å². The number of hydrogen-bond acceptors (Lipinski definition) is 6. The minimum Gasteiger partial charge on any atom is -0.480 e. The highest BCUT2D eigenvalue weighted by molar-refractivity contribution is 5.94. The number of fused-ring (bicyclic) bond motifs is 1. The molecular weight excluding hydrogens is 516 g/mol. The molecule has 1 aromatic heterocycles. The summed E-state index contributed by atoms with van der Waals surface area (Å²) in [5.74, 6) is -3.95. The molecule has 0 spiro atoms. The van der Waals surface area contributed by atoms with E-state index in [1.165, 1.54) is 0 Å². The van der Waals surface area contributed by atoms with Crippen LogP contribution in [0.5, 0.6) is 0 Å². The van der Waals surface area contributed by atoms with Crippen molar-refractivity contribution in [2.75, 3.05) is 0 Å². The molecule has 5 atom stereocenters. The lowest BCUT2D eigenvalue weighted by Crippen LogP contribution is -2.59. The fourth-order valence-corrected chi connectivity index (χ4v) is 4.35. The van der Waals surface area contributed by atoms with E-state index in [0.29, 0.717) is 6.42 Å². The van der Waals surface area contributed by atoms with Crippen molar-refractivity contribution in [3.63, 3.8) is 0 Å². The Balaban J connectivity index is 2.17. The van der Waals surface area contributed by atoms with Crippen LogP contribution in [0.1, 0.15) is 58.9 Å². The SMILES string of the molecule is CCC(C)C(NC(=O)C(N)CCC(N)=O)C(=O)NC(CC(C)C)C(=O)NC(Cc1c[nH]c2ccccc12)C(=O)O. The van der Waals surface area contributed by atoms with Gasteiger partial charge in [-0.25, -0.2) is 4.79 Å². The van der Waals surface area contributed by atoms with E-state index in [4.69, 9.17) is 11.5 Å². The predicted octanol–water partition coefficient (Wildman–Crippen LogP) is 0.934. The molecule has 12 heteroatoms. The third kappa shape index (κ3) is 9.37. The van der Waals surface area contributed by atoms with E-state index < -0.39 is 53.8 Å². The Bertz CT molecular complexity index is 1190. The maximum Gasteiger partial charge on any atom is 0.326 e. The third-order valence-corrected chi connectivity index (χ3v) is 6.89. The highest BCUT2D eigenvalue weighted by Gasteiger charge is 2.33. The zero-order valence-corrected chi connectivity index (χ0v) is 23.5. The predicted molar refractivity (Wildman–Crippen MR) is 151 cm³/mol. The summed E-state index contributed by atoms with van der Waals surface area (Å²) in [5.41, 5.74) is 12.6. The van der Waals surface area contributed by atoms with Crippen molar-refractivity contribution in [2.45, 2.75) is 84.0 Å². The number of carboxylic acid groups (broad SMARTS) is 1. The van der Waals surface area contributed by atoms with Gasteiger partial charge in [-0.05, 0) is 36.3 Å². The van der Waals surface area contributed by atoms with Crippen molar-refractivity contribution in [1.82, 2.24) is 20.9 Å². The molecule has 9 N–H and O–H groups in total. The number of nitrogens with two attached hydrogens (primary N) is 2. The number of benzene rings is 1. The van der Waals surface area contributed by atoms with E-state index in [-0.39, 0.29) is 37.5 Å². The summed E-state index contributed by atoms with van der Waals surface area (Å²) >= 11 is 0. The van der Waals surface area contributed by atoms with Crippen molar-refractivity contribution in [3.8, 4) is 0 Å². The number of amides is 4. The summed E-state index contributed by atoms with van der Waals surface area (Å²) in [6.45, 7) is 7.38. The van der Waals surface area contributed by atoms with Crippen LogP contribution in [-0.4, -0.2) is 63.9 Å². The Morgan fingerprint density at radius 3 is 2.20 bits per heavy atom. The lowest BCUT2D eigenvalue weighted by atomic mass is 9.96. The maximum atomic E-state index is 13.3. The molecule has 0 fully saturated rings. The molecule has 5 unspecified atom stereocenters.